The highest BCUT2D eigenvalue weighted by atomic mass is 16.2. The number of hydrogen-bond acceptors (Lipinski definition) is 3. The van der Waals surface area contributed by atoms with Gasteiger partial charge in [-0.3, -0.25) is 4.98 Å². The largest absolute Gasteiger partial charge is 0.339 e. The van der Waals surface area contributed by atoms with Crippen molar-refractivity contribution in [2.24, 2.45) is 5.10 Å². The molecule has 132 valence electrons. The van der Waals surface area contributed by atoms with E-state index in [1.54, 1.807) is 18.6 Å². The van der Waals surface area contributed by atoms with Crippen molar-refractivity contribution in [3.8, 4) is 5.69 Å². The summed E-state index contributed by atoms with van der Waals surface area (Å²) in [6, 6.07) is 13.1. The summed E-state index contributed by atoms with van der Waals surface area (Å²) in [7, 11) is 0. The van der Waals surface area contributed by atoms with Gasteiger partial charge < -0.3 is 9.88 Å². The SMILES string of the molecule is Cc1ccccc1NC(=O)NN=Cc1cc(C)n(-c2ccncc2)c1C. The van der Waals surface area contributed by atoms with E-state index in [0.717, 1.165) is 33.9 Å². The second-order valence-electron chi connectivity index (χ2n) is 6.01. The quantitative estimate of drug-likeness (QED) is 0.554. The Morgan fingerprint density at radius 1 is 1.12 bits per heavy atom. The molecular weight excluding hydrogens is 326 g/mol. The number of hydrazone groups is 1. The van der Waals surface area contributed by atoms with E-state index in [-0.39, 0.29) is 6.03 Å². The van der Waals surface area contributed by atoms with Gasteiger partial charge in [0.2, 0.25) is 0 Å². The fraction of sp³-hybridized carbons (Fsp3) is 0.150. The molecule has 0 unspecified atom stereocenters. The monoisotopic (exact) mass is 347 g/mol. The molecule has 0 fully saturated rings. The van der Waals surface area contributed by atoms with E-state index < -0.39 is 0 Å². The zero-order chi connectivity index (χ0) is 18.5. The normalized spacial score (nSPS) is 10.9. The minimum Gasteiger partial charge on any atom is -0.318 e. The average Bonchev–Trinajstić information content (AvgIpc) is 2.91. The van der Waals surface area contributed by atoms with E-state index in [1.807, 2.05) is 63.2 Å². The Balaban J connectivity index is 1.70. The van der Waals surface area contributed by atoms with Crippen molar-refractivity contribution in [3.63, 3.8) is 0 Å². The summed E-state index contributed by atoms with van der Waals surface area (Å²) in [6.45, 7) is 5.98. The first kappa shape index (κ1) is 17.4. The number of carbonyl (C=O) groups is 1. The molecule has 0 aliphatic rings. The van der Waals surface area contributed by atoms with Crippen LogP contribution >= 0.6 is 0 Å². The van der Waals surface area contributed by atoms with Crippen LogP contribution in [0.5, 0.6) is 0 Å². The molecule has 26 heavy (non-hydrogen) atoms. The van der Waals surface area contributed by atoms with Crippen LogP contribution in [-0.4, -0.2) is 21.8 Å². The van der Waals surface area contributed by atoms with E-state index >= 15 is 0 Å². The Kier molecular flexibility index (Phi) is 5.12. The molecule has 2 heterocycles. The van der Waals surface area contributed by atoms with Crippen molar-refractivity contribution < 1.29 is 4.79 Å². The predicted molar refractivity (Wildman–Crippen MR) is 104 cm³/mol. The van der Waals surface area contributed by atoms with Gasteiger partial charge in [0.05, 0.1) is 6.21 Å². The Morgan fingerprint density at radius 3 is 2.58 bits per heavy atom. The van der Waals surface area contributed by atoms with E-state index in [4.69, 9.17) is 0 Å². The molecule has 0 saturated heterocycles. The number of nitrogens with one attached hydrogen (secondary N) is 2. The zero-order valence-corrected chi connectivity index (χ0v) is 15.0. The molecule has 0 saturated carbocycles. The van der Waals surface area contributed by atoms with Crippen molar-refractivity contribution in [2.75, 3.05) is 5.32 Å². The molecule has 1 aromatic carbocycles. The number of pyridine rings is 1. The van der Waals surface area contributed by atoms with Gasteiger partial charge in [-0.2, -0.15) is 5.10 Å². The summed E-state index contributed by atoms with van der Waals surface area (Å²) in [5.74, 6) is 0. The third-order valence-electron chi connectivity index (χ3n) is 4.15. The number of urea groups is 1. The second-order valence-corrected chi connectivity index (χ2v) is 6.01. The van der Waals surface area contributed by atoms with Crippen LogP contribution in [0.15, 0.2) is 60.0 Å². The molecule has 2 aromatic heterocycles. The molecule has 6 nitrogen and oxygen atoms in total. The first-order valence-corrected chi connectivity index (χ1v) is 8.31. The number of nitrogens with zero attached hydrogens (tertiary/aromatic N) is 3. The maximum absolute atomic E-state index is 12.0. The van der Waals surface area contributed by atoms with E-state index in [9.17, 15) is 4.79 Å². The number of anilines is 1. The molecule has 6 heteroatoms. The summed E-state index contributed by atoms with van der Waals surface area (Å²) in [5, 5.41) is 6.84. The summed E-state index contributed by atoms with van der Waals surface area (Å²) >= 11 is 0. The molecule has 0 bridgehead atoms. The first-order chi connectivity index (χ1) is 12.6. The lowest BCUT2D eigenvalue weighted by Crippen LogP contribution is -2.24. The number of benzene rings is 1. The molecule has 0 aliphatic carbocycles. The van der Waals surface area contributed by atoms with Gasteiger partial charge in [0.1, 0.15) is 0 Å². The zero-order valence-electron chi connectivity index (χ0n) is 15.0. The van der Waals surface area contributed by atoms with Crippen LogP contribution < -0.4 is 10.7 Å². The Hall–Kier alpha value is -3.41. The molecule has 0 aliphatic heterocycles. The average molecular weight is 347 g/mol. The van der Waals surface area contributed by atoms with Crippen molar-refractivity contribution in [1.29, 1.82) is 0 Å². The van der Waals surface area contributed by atoms with Gasteiger partial charge in [-0.05, 0) is 50.6 Å². The standard InChI is InChI=1S/C20H21N5O/c1-14-6-4-5-7-19(14)23-20(26)24-22-13-17-12-15(2)25(16(17)3)18-8-10-21-11-9-18/h4-13H,1-3H3,(H2,23,24,26). The van der Waals surface area contributed by atoms with E-state index in [1.165, 1.54) is 0 Å². The predicted octanol–water partition coefficient (Wildman–Crippen LogP) is 3.95. The Morgan fingerprint density at radius 2 is 1.85 bits per heavy atom. The van der Waals surface area contributed by atoms with Crippen LogP contribution in [0.1, 0.15) is 22.5 Å². The topological polar surface area (TPSA) is 71.3 Å². The van der Waals surface area contributed by atoms with Crippen molar-refractivity contribution in [2.45, 2.75) is 20.8 Å². The Bertz CT molecular complexity index is 944. The maximum atomic E-state index is 12.0. The van der Waals surface area contributed by atoms with Crippen molar-refractivity contribution in [3.05, 3.63) is 77.4 Å². The fourth-order valence-electron chi connectivity index (χ4n) is 2.83. The molecular formula is C20H21N5O. The van der Waals surface area contributed by atoms with Crippen molar-refractivity contribution >= 4 is 17.9 Å². The number of carbonyl (C=O) groups excluding carboxylic acids is 1. The number of para-hydroxylation sites is 1. The van der Waals surface area contributed by atoms with Gasteiger partial charge >= 0.3 is 6.03 Å². The number of hydrogen-bond donors (Lipinski definition) is 2. The second kappa shape index (κ2) is 7.65. The number of aryl methyl sites for hydroxylation is 2. The molecule has 0 atom stereocenters. The lowest BCUT2D eigenvalue weighted by atomic mass is 10.2. The number of amides is 2. The maximum Gasteiger partial charge on any atom is 0.339 e. The van der Waals surface area contributed by atoms with Crippen LogP contribution in [0.2, 0.25) is 0 Å². The highest BCUT2D eigenvalue weighted by molar-refractivity contribution is 5.91. The molecule has 3 rings (SSSR count). The van der Waals surface area contributed by atoms with Gasteiger partial charge in [-0.15, -0.1) is 0 Å². The summed E-state index contributed by atoms with van der Waals surface area (Å²) in [4.78, 5) is 16.0. The number of rotatable bonds is 4. The lowest BCUT2D eigenvalue weighted by Gasteiger charge is -2.08. The first-order valence-electron chi connectivity index (χ1n) is 8.31. The molecule has 3 aromatic rings. The third kappa shape index (κ3) is 3.80. The van der Waals surface area contributed by atoms with Gasteiger partial charge in [0.25, 0.3) is 0 Å². The highest BCUT2D eigenvalue weighted by Gasteiger charge is 2.09. The van der Waals surface area contributed by atoms with Crippen LogP contribution in [0.4, 0.5) is 10.5 Å². The molecule has 2 amide bonds. The summed E-state index contributed by atoms with van der Waals surface area (Å²) in [6.07, 6.45) is 5.18. The van der Waals surface area contributed by atoms with Gasteiger partial charge in [-0.25, -0.2) is 10.2 Å². The van der Waals surface area contributed by atoms with Crippen LogP contribution in [0.25, 0.3) is 5.69 Å². The smallest absolute Gasteiger partial charge is 0.318 e. The van der Waals surface area contributed by atoms with Crippen LogP contribution in [-0.2, 0) is 0 Å². The minimum atomic E-state index is -0.376. The van der Waals surface area contributed by atoms with Gasteiger partial charge in [0.15, 0.2) is 0 Å². The third-order valence-corrected chi connectivity index (χ3v) is 4.15. The van der Waals surface area contributed by atoms with E-state index in [0.29, 0.717) is 0 Å². The van der Waals surface area contributed by atoms with Crippen molar-refractivity contribution in [1.82, 2.24) is 15.0 Å². The Labute approximate surface area is 152 Å². The molecule has 0 spiro atoms. The minimum absolute atomic E-state index is 0.376. The molecule has 2 N–H and O–H groups in total. The van der Waals surface area contributed by atoms with Crippen LogP contribution in [0, 0.1) is 20.8 Å². The van der Waals surface area contributed by atoms with Gasteiger partial charge in [-0.1, -0.05) is 18.2 Å². The highest BCUT2D eigenvalue weighted by Crippen LogP contribution is 2.19. The van der Waals surface area contributed by atoms with E-state index in [2.05, 4.69) is 25.4 Å². The molecule has 0 radical (unpaired) electrons. The summed E-state index contributed by atoms with van der Waals surface area (Å²) < 4.78 is 2.12. The number of aromatic nitrogens is 2. The van der Waals surface area contributed by atoms with Crippen LogP contribution in [0.3, 0.4) is 0 Å². The fourth-order valence-corrected chi connectivity index (χ4v) is 2.83. The summed E-state index contributed by atoms with van der Waals surface area (Å²) in [5.41, 5.74) is 8.36. The lowest BCUT2D eigenvalue weighted by molar-refractivity contribution is 0.252. The van der Waals surface area contributed by atoms with Gasteiger partial charge in [0, 0.05) is 40.7 Å².